The summed E-state index contributed by atoms with van der Waals surface area (Å²) in [5, 5.41) is 4.85. The van der Waals surface area contributed by atoms with Crippen LogP contribution in [0.3, 0.4) is 0 Å². The maximum atomic E-state index is 12.7. The van der Waals surface area contributed by atoms with Crippen LogP contribution in [0.2, 0.25) is 0 Å². The molecule has 0 radical (unpaired) electrons. The summed E-state index contributed by atoms with van der Waals surface area (Å²) in [5.41, 5.74) is 0.725. The van der Waals surface area contributed by atoms with Crippen LogP contribution in [0, 0.1) is 0 Å². The molecule has 3 rings (SSSR count). The Bertz CT molecular complexity index is 721. The highest BCUT2D eigenvalue weighted by Crippen LogP contribution is 2.17. The lowest BCUT2D eigenvalue weighted by Gasteiger charge is -2.34. The molecule has 1 aliphatic heterocycles. The molecule has 1 fully saturated rings. The van der Waals surface area contributed by atoms with Crippen molar-refractivity contribution in [2.75, 3.05) is 39.8 Å². The molecule has 0 spiro atoms. The fourth-order valence-electron chi connectivity index (χ4n) is 2.90. The van der Waals surface area contributed by atoms with Crippen LogP contribution >= 0.6 is 0 Å². The van der Waals surface area contributed by atoms with Gasteiger partial charge in [-0.3, -0.25) is 14.5 Å². The van der Waals surface area contributed by atoms with Crippen LogP contribution in [0.4, 0.5) is 0 Å². The van der Waals surface area contributed by atoms with E-state index in [1.165, 1.54) is 0 Å². The van der Waals surface area contributed by atoms with Crippen molar-refractivity contribution in [1.82, 2.24) is 15.1 Å². The zero-order valence-electron chi connectivity index (χ0n) is 13.3. The molecule has 120 valence electrons. The molecule has 0 atom stereocenters. The average Bonchev–Trinajstić information content (AvgIpc) is 2.61. The van der Waals surface area contributed by atoms with Crippen LogP contribution in [0.1, 0.15) is 10.4 Å². The summed E-state index contributed by atoms with van der Waals surface area (Å²) in [7, 11) is 1.64. The second-order valence-electron chi connectivity index (χ2n) is 5.80. The number of nitrogens with zero attached hydrogens (tertiary/aromatic N) is 2. The van der Waals surface area contributed by atoms with E-state index in [1.54, 1.807) is 7.05 Å². The number of fused-ring (bicyclic) bond motifs is 1. The first-order chi connectivity index (χ1) is 11.2. The van der Waals surface area contributed by atoms with Crippen LogP contribution in [0.5, 0.6) is 0 Å². The van der Waals surface area contributed by atoms with E-state index in [0.29, 0.717) is 19.6 Å². The molecule has 23 heavy (non-hydrogen) atoms. The molecule has 0 unspecified atom stereocenters. The van der Waals surface area contributed by atoms with Crippen molar-refractivity contribution in [3.05, 3.63) is 48.0 Å². The van der Waals surface area contributed by atoms with Gasteiger partial charge < -0.3 is 10.2 Å². The van der Waals surface area contributed by atoms with Crippen LogP contribution in [-0.2, 0) is 4.79 Å². The molecule has 5 heteroatoms. The van der Waals surface area contributed by atoms with E-state index >= 15 is 0 Å². The Morgan fingerprint density at radius 3 is 2.39 bits per heavy atom. The molecule has 2 aromatic carbocycles. The Morgan fingerprint density at radius 1 is 1.00 bits per heavy atom. The topological polar surface area (TPSA) is 52.7 Å². The van der Waals surface area contributed by atoms with Gasteiger partial charge in [-0.15, -0.1) is 0 Å². The standard InChI is InChI=1S/C18H21N3O2/c1-19-17(22)13-20-8-10-21(11-9-20)18(23)16-7-6-14-4-2-3-5-15(14)12-16/h2-7,12H,8-11,13H2,1H3,(H,19,22). The average molecular weight is 311 g/mol. The lowest BCUT2D eigenvalue weighted by atomic mass is 10.1. The predicted molar refractivity (Wildman–Crippen MR) is 90.4 cm³/mol. The number of hydrogen-bond acceptors (Lipinski definition) is 3. The molecule has 2 amide bonds. The van der Waals surface area contributed by atoms with E-state index in [1.807, 2.05) is 47.4 Å². The van der Waals surface area contributed by atoms with Gasteiger partial charge in [0.2, 0.25) is 5.91 Å². The third-order valence-corrected chi connectivity index (χ3v) is 4.30. The molecule has 1 saturated heterocycles. The zero-order chi connectivity index (χ0) is 16.2. The van der Waals surface area contributed by atoms with Crippen LogP contribution in [-0.4, -0.2) is 61.4 Å². The number of carbonyl (C=O) groups excluding carboxylic acids is 2. The van der Waals surface area contributed by atoms with Gasteiger partial charge in [0, 0.05) is 38.8 Å². The largest absolute Gasteiger partial charge is 0.358 e. The fraction of sp³-hybridized carbons (Fsp3) is 0.333. The molecule has 1 aliphatic rings. The second-order valence-corrected chi connectivity index (χ2v) is 5.80. The van der Waals surface area contributed by atoms with Crippen molar-refractivity contribution in [3.63, 3.8) is 0 Å². The number of likely N-dealkylation sites (N-methyl/N-ethyl adjacent to an activating group) is 1. The smallest absolute Gasteiger partial charge is 0.253 e. The Labute approximate surface area is 135 Å². The van der Waals surface area contributed by atoms with Gasteiger partial charge in [-0.2, -0.15) is 0 Å². The SMILES string of the molecule is CNC(=O)CN1CCN(C(=O)c2ccc3ccccc3c2)CC1. The Morgan fingerprint density at radius 2 is 1.70 bits per heavy atom. The van der Waals surface area contributed by atoms with E-state index < -0.39 is 0 Å². The lowest BCUT2D eigenvalue weighted by molar-refractivity contribution is -0.122. The number of benzene rings is 2. The van der Waals surface area contributed by atoms with Crippen molar-refractivity contribution in [1.29, 1.82) is 0 Å². The van der Waals surface area contributed by atoms with Gasteiger partial charge in [-0.1, -0.05) is 30.3 Å². The molecule has 0 saturated carbocycles. The van der Waals surface area contributed by atoms with Crippen molar-refractivity contribution in [3.8, 4) is 0 Å². The monoisotopic (exact) mass is 311 g/mol. The summed E-state index contributed by atoms with van der Waals surface area (Å²) in [6.45, 7) is 3.17. The summed E-state index contributed by atoms with van der Waals surface area (Å²) < 4.78 is 0. The highest BCUT2D eigenvalue weighted by Gasteiger charge is 2.23. The molecule has 1 N–H and O–H groups in total. The second kappa shape index (κ2) is 6.79. The van der Waals surface area contributed by atoms with Gasteiger partial charge >= 0.3 is 0 Å². The van der Waals surface area contributed by atoms with Crippen molar-refractivity contribution in [2.24, 2.45) is 0 Å². The maximum absolute atomic E-state index is 12.7. The van der Waals surface area contributed by atoms with E-state index in [-0.39, 0.29) is 11.8 Å². The quantitative estimate of drug-likeness (QED) is 0.931. The van der Waals surface area contributed by atoms with Crippen LogP contribution in [0.15, 0.2) is 42.5 Å². The Hall–Kier alpha value is -2.40. The number of piperazine rings is 1. The van der Waals surface area contributed by atoms with E-state index in [4.69, 9.17) is 0 Å². The zero-order valence-corrected chi connectivity index (χ0v) is 13.3. The molecular formula is C18H21N3O2. The van der Waals surface area contributed by atoms with Crippen molar-refractivity contribution < 1.29 is 9.59 Å². The number of carbonyl (C=O) groups is 2. The third-order valence-electron chi connectivity index (χ3n) is 4.30. The number of amides is 2. The van der Waals surface area contributed by atoms with E-state index in [2.05, 4.69) is 10.2 Å². The number of rotatable bonds is 3. The number of nitrogens with one attached hydrogen (secondary N) is 1. The van der Waals surface area contributed by atoms with Gasteiger partial charge in [-0.05, 0) is 22.9 Å². The summed E-state index contributed by atoms with van der Waals surface area (Å²) in [4.78, 5) is 28.0. The minimum Gasteiger partial charge on any atom is -0.358 e. The first-order valence-electron chi connectivity index (χ1n) is 7.88. The minimum atomic E-state index is 0.0132. The molecule has 2 aromatic rings. The van der Waals surface area contributed by atoms with Gasteiger partial charge in [0.05, 0.1) is 6.54 Å². The summed E-state index contributed by atoms with van der Waals surface area (Å²) in [6, 6.07) is 13.9. The van der Waals surface area contributed by atoms with Gasteiger partial charge in [0.15, 0.2) is 0 Å². The highest BCUT2D eigenvalue weighted by atomic mass is 16.2. The van der Waals surface area contributed by atoms with Gasteiger partial charge in [-0.25, -0.2) is 0 Å². The van der Waals surface area contributed by atoms with E-state index in [0.717, 1.165) is 29.4 Å². The first kappa shape index (κ1) is 15.5. The highest BCUT2D eigenvalue weighted by molar-refractivity contribution is 5.98. The normalized spacial score (nSPS) is 15.6. The lowest BCUT2D eigenvalue weighted by Crippen LogP contribution is -2.50. The minimum absolute atomic E-state index is 0.0132. The molecule has 0 aliphatic carbocycles. The van der Waals surface area contributed by atoms with Gasteiger partial charge in [0.25, 0.3) is 5.91 Å². The summed E-state index contributed by atoms with van der Waals surface area (Å²) >= 11 is 0. The molecule has 5 nitrogen and oxygen atoms in total. The molecule has 1 heterocycles. The summed E-state index contributed by atoms with van der Waals surface area (Å²) in [6.07, 6.45) is 0. The van der Waals surface area contributed by atoms with Crippen molar-refractivity contribution in [2.45, 2.75) is 0 Å². The van der Waals surface area contributed by atoms with Gasteiger partial charge in [0.1, 0.15) is 0 Å². The Kier molecular flexibility index (Phi) is 4.57. The number of hydrogen-bond donors (Lipinski definition) is 1. The fourth-order valence-corrected chi connectivity index (χ4v) is 2.90. The van der Waals surface area contributed by atoms with Crippen molar-refractivity contribution >= 4 is 22.6 Å². The Balaban J connectivity index is 1.65. The van der Waals surface area contributed by atoms with Crippen LogP contribution < -0.4 is 5.32 Å². The predicted octanol–water partition coefficient (Wildman–Crippen LogP) is 1.34. The third kappa shape index (κ3) is 3.51. The maximum Gasteiger partial charge on any atom is 0.253 e. The summed E-state index contributed by atoms with van der Waals surface area (Å²) in [5.74, 6) is 0.0784. The molecular weight excluding hydrogens is 290 g/mol. The molecule has 0 bridgehead atoms. The molecule has 0 aromatic heterocycles. The van der Waals surface area contributed by atoms with E-state index in [9.17, 15) is 9.59 Å². The first-order valence-corrected chi connectivity index (χ1v) is 7.88. The van der Waals surface area contributed by atoms with Crippen LogP contribution in [0.25, 0.3) is 10.8 Å².